The van der Waals surface area contributed by atoms with Gasteiger partial charge in [-0.15, -0.1) is 0 Å². The zero-order chi connectivity index (χ0) is 55.5. The Morgan fingerprint density at radius 2 is 0.684 bits per heavy atom. The monoisotopic (exact) mass is 1090 g/mol. The van der Waals surface area contributed by atoms with Crippen molar-refractivity contribution >= 4 is 25.7 Å². The quantitative estimate of drug-likeness (QED) is 0.0197. The largest absolute Gasteiger partial charge is 0.472 e. The molecule has 3 unspecified atom stereocenters. The number of ether oxygens (including phenoxy) is 3. The molecule has 2 N–H and O–H groups in total. The van der Waals surface area contributed by atoms with Crippen LogP contribution < -0.4 is 0 Å². The second-order valence-corrected chi connectivity index (χ2v) is 22.7. The number of aliphatic hydroxyl groups excluding tert-OH is 1. The fraction of sp³-hybridized carbons (Fsp3) is 0.828. The van der Waals surface area contributed by atoms with Crippen LogP contribution in [0.1, 0.15) is 303 Å². The van der Waals surface area contributed by atoms with Gasteiger partial charge in [-0.05, 0) is 57.8 Å². The average Bonchev–Trinajstić information content (AvgIpc) is 3.41. The van der Waals surface area contributed by atoms with E-state index in [2.05, 4.69) is 69.4 Å². The van der Waals surface area contributed by atoms with Gasteiger partial charge in [0.25, 0.3) is 0 Å². The van der Waals surface area contributed by atoms with Crippen molar-refractivity contribution < 1.29 is 52.2 Å². The van der Waals surface area contributed by atoms with Crippen molar-refractivity contribution in [3.63, 3.8) is 0 Å². The van der Waals surface area contributed by atoms with Gasteiger partial charge >= 0.3 is 25.7 Å². The lowest BCUT2D eigenvalue weighted by Gasteiger charge is -2.21. The first-order valence-electron chi connectivity index (χ1n) is 31.5. The molecule has 0 radical (unpaired) electrons. The van der Waals surface area contributed by atoms with E-state index in [1.165, 1.54) is 154 Å². The van der Waals surface area contributed by atoms with Crippen LogP contribution in [0.25, 0.3) is 0 Å². The normalized spacial score (nSPS) is 13.6. The second kappa shape index (κ2) is 58.6. The summed E-state index contributed by atoms with van der Waals surface area (Å²) in [5.41, 5.74) is 0. The summed E-state index contributed by atoms with van der Waals surface area (Å²) in [5.74, 6) is -1.47. The number of carbonyl (C=O) groups excluding carboxylic acids is 3. The molecule has 0 spiro atoms. The van der Waals surface area contributed by atoms with E-state index in [-0.39, 0.29) is 25.9 Å². The van der Waals surface area contributed by atoms with E-state index in [0.717, 1.165) is 89.9 Å². The molecule has 0 aliphatic rings. The van der Waals surface area contributed by atoms with Crippen LogP contribution in [0.15, 0.2) is 48.6 Å². The van der Waals surface area contributed by atoms with E-state index in [9.17, 15) is 28.9 Å². The van der Waals surface area contributed by atoms with Crippen molar-refractivity contribution in [2.45, 2.75) is 315 Å². The molecule has 0 saturated heterocycles. The maximum absolute atomic E-state index is 12.9. The lowest BCUT2D eigenvalue weighted by molar-refractivity contribution is -0.161. The van der Waals surface area contributed by atoms with Gasteiger partial charge in [-0.1, -0.05) is 275 Å². The molecule has 3 atom stereocenters. The highest BCUT2D eigenvalue weighted by molar-refractivity contribution is 7.47. The van der Waals surface area contributed by atoms with Crippen LogP contribution in [0.4, 0.5) is 0 Å². The van der Waals surface area contributed by atoms with E-state index in [4.69, 9.17) is 23.3 Å². The van der Waals surface area contributed by atoms with Gasteiger partial charge in [0.1, 0.15) is 12.7 Å². The number of unbranched alkanes of at least 4 members (excludes halogenated alkanes) is 34. The van der Waals surface area contributed by atoms with Crippen molar-refractivity contribution in [1.29, 1.82) is 0 Å². The number of phosphoric acid groups is 1. The van der Waals surface area contributed by atoms with Crippen molar-refractivity contribution in [3.8, 4) is 0 Å². The standard InChI is InChI=1S/C64H117O11P/c1-4-7-10-13-16-19-22-25-28-30-33-35-38-41-44-47-50-53-62(66)71-57-61(75-64(68)55-52-49-46-43-40-37-34-31-29-26-23-20-17-14-11-8-5-2)59-73-76(69,70)72-58-60(56-65)74-63(67)54-51-48-45-42-39-36-32-27-24-21-18-15-12-9-6-3/h8,11,17,20,26,29,34,37,60-61,65H,4-7,9-10,12-16,18-19,21-25,27-28,30-33,35-36,38-59H2,1-3H3,(H,69,70)/b11-8-,20-17-,29-26-,37-34-. The lowest BCUT2D eigenvalue weighted by Crippen LogP contribution is -2.30. The highest BCUT2D eigenvalue weighted by Gasteiger charge is 2.28. The summed E-state index contributed by atoms with van der Waals surface area (Å²) in [6, 6.07) is 0. The van der Waals surface area contributed by atoms with E-state index < -0.39 is 57.8 Å². The van der Waals surface area contributed by atoms with Crippen molar-refractivity contribution in [3.05, 3.63) is 48.6 Å². The fourth-order valence-corrected chi connectivity index (χ4v) is 9.78. The molecule has 0 aromatic rings. The van der Waals surface area contributed by atoms with E-state index in [1.54, 1.807) is 0 Å². The molecular weight excluding hydrogens is 976 g/mol. The third-order valence-corrected chi connectivity index (χ3v) is 14.7. The summed E-state index contributed by atoms with van der Waals surface area (Å²) < 4.78 is 39.6. The highest BCUT2D eigenvalue weighted by atomic mass is 31.2. The third-order valence-electron chi connectivity index (χ3n) is 13.8. The summed E-state index contributed by atoms with van der Waals surface area (Å²) in [7, 11) is -4.75. The smallest absolute Gasteiger partial charge is 0.462 e. The summed E-state index contributed by atoms with van der Waals surface area (Å²) in [6.45, 7) is 4.57. The highest BCUT2D eigenvalue weighted by Crippen LogP contribution is 2.43. The van der Waals surface area contributed by atoms with Gasteiger partial charge < -0.3 is 24.2 Å². The molecule has 0 heterocycles. The zero-order valence-electron chi connectivity index (χ0n) is 49.2. The van der Waals surface area contributed by atoms with Crippen molar-refractivity contribution in [2.75, 3.05) is 26.4 Å². The second-order valence-electron chi connectivity index (χ2n) is 21.2. The van der Waals surface area contributed by atoms with E-state index in [0.29, 0.717) is 19.3 Å². The van der Waals surface area contributed by atoms with Gasteiger partial charge in [-0.3, -0.25) is 23.4 Å². The molecule has 0 rings (SSSR count). The summed E-state index contributed by atoms with van der Waals surface area (Å²) >= 11 is 0. The molecule has 12 heteroatoms. The van der Waals surface area contributed by atoms with Gasteiger partial charge in [0, 0.05) is 19.3 Å². The summed E-state index contributed by atoms with van der Waals surface area (Å²) in [5, 5.41) is 9.84. The van der Waals surface area contributed by atoms with Gasteiger partial charge in [0.2, 0.25) is 0 Å². The Labute approximate surface area is 466 Å². The molecule has 0 saturated carbocycles. The molecule has 0 aliphatic heterocycles. The Morgan fingerprint density at radius 1 is 0.382 bits per heavy atom. The molecular formula is C64H117O11P. The molecule has 11 nitrogen and oxygen atoms in total. The number of esters is 3. The van der Waals surface area contributed by atoms with Gasteiger partial charge in [0.05, 0.1) is 19.8 Å². The summed E-state index contributed by atoms with van der Waals surface area (Å²) in [4.78, 5) is 48.7. The molecule has 0 aromatic carbocycles. The van der Waals surface area contributed by atoms with Crippen LogP contribution in [0, 0.1) is 0 Å². The lowest BCUT2D eigenvalue weighted by atomic mass is 10.0. The number of hydrogen-bond acceptors (Lipinski definition) is 10. The van der Waals surface area contributed by atoms with Crippen LogP contribution in [0.3, 0.4) is 0 Å². The SMILES string of the molecule is CC/C=C\C/C=C\C/C=C\C/C=C\CCCCCCC(=O)OC(COC(=O)CCCCCCCCCCCCCCCCCCC)COP(=O)(O)OCC(CO)OC(=O)CCCCCCCCCCCCCCCCC. The first-order chi connectivity index (χ1) is 37.2. The number of carbonyl (C=O) groups is 3. The molecule has 0 aromatic heterocycles. The molecule has 0 aliphatic carbocycles. The minimum absolute atomic E-state index is 0.143. The number of allylic oxidation sites excluding steroid dienone is 8. The Hall–Kier alpha value is -2.56. The van der Waals surface area contributed by atoms with Crippen LogP contribution in [-0.4, -0.2) is 66.5 Å². The Morgan fingerprint density at radius 3 is 1.05 bits per heavy atom. The van der Waals surface area contributed by atoms with E-state index >= 15 is 0 Å². The van der Waals surface area contributed by atoms with Crippen molar-refractivity contribution in [1.82, 2.24) is 0 Å². The van der Waals surface area contributed by atoms with Crippen LogP contribution in [-0.2, 0) is 42.2 Å². The Kier molecular flexibility index (Phi) is 56.6. The van der Waals surface area contributed by atoms with Crippen LogP contribution in [0.2, 0.25) is 0 Å². The third kappa shape index (κ3) is 56.2. The molecule has 76 heavy (non-hydrogen) atoms. The average molecular weight is 1090 g/mol. The maximum atomic E-state index is 12.9. The summed E-state index contributed by atoms with van der Waals surface area (Å²) in [6.07, 6.45) is 63.5. The molecule has 0 bridgehead atoms. The molecule has 0 amide bonds. The zero-order valence-corrected chi connectivity index (χ0v) is 50.1. The topological polar surface area (TPSA) is 155 Å². The van der Waals surface area contributed by atoms with Gasteiger partial charge in [-0.25, -0.2) is 4.57 Å². The van der Waals surface area contributed by atoms with Gasteiger partial charge in [0.15, 0.2) is 6.10 Å². The minimum Gasteiger partial charge on any atom is -0.462 e. The first kappa shape index (κ1) is 73.4. The van der Waals surface area contributed by atoms with Gasteiger partial charge in [-0.2, -0.15) is 0 Å². The van der Waals surface area contributed by atoms with Crippen LogP contribution >= 0.6 is 7.82 Å². The molecule has 444 valence electrons. The van der Waals surface area contributed by atoms with E-state index in [1.807, 2.05) is 0 Å². The Bertz CT molecular complexity index is 1460. The maximum Gasteiger partial charge on any atom is 0.472 e. The van der Waals surface area contributed by atoms with Crippen molar-refractivity contribution in [2.24, 2.45) is 0 Å². The Balaban J connectivity index is 4.71. The first-order valence-corrected chi connectivity index (χ1v) is 33.0. The number of aliphatic hydroxyl groups is 1. The number of rotatable bonds is 59. The predicted molar refractivity (Wildman–Crippen MR) is 316 cm³/mol. The predicted octanol–water partition coefficient (Wildman–Crippen LogP) is 18.9. The number of phosphoric ester groups is 1. The molecule has 0 fully saturated rings. The number of hydrogen-bond donors (Lipinski definition) is 2. The minimum atomic E-state index is -4.75. The fourth-order valence-electron chi connectivity index (χ4n) is 9.00. The van der Waals surface area contributed by atoms with Crippen LogP contribution in [0.5, 0.6) is 0 Å².